The topological polar surface area (TPSA) is 29.9 Å². The third-order valence-corrected chi connectivity index (χ3v) is 4.99. The number of nitrogens with one attached hydrogen (secondary N) is 1. The molecular formula is C17H32ClN3. The number of aryl methyl sites for hydroxylation is 2. The quantitative estimate of drug-likeness (QED) is 0.727. The second kappa shape index (κ2) is 8.19. The van der Waals surface area contributed by atoms with Gasteiger partial charge in [-0.1, -0.05) is 52.1 Å². The lowest BCUT2D eigenvalue weighted by Crippen LogP contribution is -2.39. The molecule has 0 bridgehead atoms. The lowest BCUT2D eigenvalue weighted by molar-refractivity contribution is 0.218. The average molecular weight is 314 g/mol. The number of hydrogen-bond donors (Lipinski definition) is 1. The Balaban J connectivity index is 2.98. The zero-order valence-electron chi connectivity index (χ0n) is 14.6. The van der Waals surface area contributed by atoms with E-state index in [1.807, 2.05) is 18.7 Å². The summed E-state index contributed by atoms with van der Waals surface area (Å²) in [5.41, 5.74) is 2.38. The van der Waals surface area contributed by atoms with E-state index in [1.165, 1.54) is 25.0 Å². The Kier molecular flexibility index (Phi) is 7.22. The molecular weight excluding hydrogens is 282 g/mol. The highest BCUT2D eigenvalue weighted by Gasteiger charge is 2.30. The fourth-order valence-electron chi connectivity index (χ4n) is 2.87. The molecule has 0 amide bonds. The molecule has 1 N–H and O–H groups in total. The molecule has 0 aromatic carbocycles. The summed E-state index contributed by atoms with van der Waals surface area (Å²) < 4.78 is 1.96. The minimum Gasteiger partial charge on any atom is -0.314 e. The van der Waals surface area contributed by atoms with Crippen LogP contribution in [0.25, 0.3) is 0 Å². The van der Waals surface area contributed by atoms with Gasteiger partial charge in [-0.2, -0.15) is 5.10 Å². The molecule has 4 heteroatoms. The van der Waals surface area contributed by atoms with Gasteiger partial charge >= 0.3 is 0 Å². The third kappa shape index (κ3) is 5.00. The van der Waals surface area contributed by atoms with Crippen molar-refractivity contribution in [1.29, 1.82) is 0 Å². The summed E-state index contributed by atoms with van der Waals surface area (Å²) in [4.78, 5) is 0. The zero-order valence-corrected chi connectivity index (χ0v) is 15.3. The van der Waals surface area contributed by atoms with Crippen molar-refractivity contribution in [1.82, 2.24) is 15.1 Å². The summed E-state index contributed by atoms with van der Waals surface area (Å²) in [6, 6.07) is 0.515. The lowest BCUT2D eigenvalue weighted by atomic mass is 9.76. The van der Waals surface area contributed by atoms with Gasteiger partial charge in [-0.3, -0.25) is 4.68 Å². The smallest absolute Gasteiger partial charge is 0.0847 e. The molecule has 122 valence electrons. The number of halogens is 1. The van der Waals surface area contributed by atoms with Gasteiger partial charge in [0.15, 0.2) is 0 Å². The fourth-order valence-corrected chi connectivity index (χ4v) is 3.09. The first kappa shape index (κ1) is 18.5. The Morgan fingerprint density at radius 3 is 2.43 bits per heavy atom. The Morgan fingerprint density at radius 2 is 2.00 bits per heavy atom. The summed E-state index contributed by atoms with van der Waals surface area (Å²) in [7, 11) is 2.00. The van der Waals surface area contributed by atoms with E-state index in [1.54, 1.807) is 0 Å². The van der Waals surface area contributed by atoms with Crippen LogP contribution in [0, 0.1) is 12.3 Å². The van der Waals surface area contributed by atoms with Crippen LogP contribution in [0.5, 0.6) is 0 Å². The molecule has 3 nitrogen and oxygen atoms in total. The molecule has 0 fully saturated rings. The highest BCUT2D eigenvalue weighted by molar-refractivity contribution is 6.31. The van der Waals surface area contributed by atoms with Gasteiger partial charge in [0.1, 0.15) is 0 Å². The van der Waals surface area contributed by atoms with Crippen LogP contribution in [-0.4, -0.2) is 22.4 Å². The second-order valence-electron chi connectivity index (χ2n) is 6.64. The van der Waals surface area contributed by atoms with Crippen molar-refractivity contribution in [3.8, 4) is 0 Å². The van der Waals surface area contributed by atoms with Crippen LogP contribution in [0.4, 0.5) is 0 Å². The summed E-state index contributed by atoms with van der Waals surface area (Å²) in [5.74, 6) is 0. The van der Waals surface area contributed by atoms with Crippen molar-refractivity contribution >= 4 is 11.6 Å². The van der Waals surface area contributed by atoms with E-state index >= 15 is 0 Å². The molecule has 1 aromatic rings. The van der Waals surface area contributed by atoms with E-state index < -0.39 is 0 Å². The molecule has 1 rings (SSSR count). The van der Waals surface area contributed by atoms with Crippen molar-refractivity contribution < 1.29 is 0 Å². The summed E-state index contributed by atoms with van der Waals surface area (Å²) >= 11 is 6.47. The van der Waals surface area contributed by atoms with Gasteiger partial charge in [0.25, 0.3) is 0 Å². The molecule has 0 saturated carbocycles. The van der Waals surface area contributed by atoms with Crippen LogP contribution in [0.3, 0.4) is 0 Å². The van der Waals surface area contributed by atoms with Crippen molar-refractivity contribution in [2.75, 3.05) is 6.54 Å². The largest absolute Gasteiger partial charge is 0.314 e. The van der Waals surface area contributed by atoms with Crippen molar-refractivity contribution in [3.05, 3.63) is 16.4 Å². The Morgan fingerprint density at radius 1 is 1.33 bits per heavy atom. The predicted molar refractivity (Wildman–Crippen MR) is 92.0 cm³/mol. The lowest BCUT2D eigenvalue weighted by Gasteiger charge is -2.34. The van der Waals surface area contributed by atoms with Crippen LogP contribution >= 0.6 is 11.6 Å². The maximum absolute atomic E-state index is 6.47. The second-order valence-corrected chi connectivity index (χ2v) is 7.02. The summed E-state index contributed by atoms with van der Waals surface area (Å²) in [6.45, 7) is 12.0. The SMILES string of the molecule is CCCCC(CC)(CNC(C)C)Cc1c(Cl)c(C)nn1C. The van der Waals surface area contributed by atoms with Gasteiger partial charge in [0.2, 0.25) is 0 Å². The van der Waals surface area contributed by atoms with E-state index in [2.05, 4.69) is 38.1 Å². The first-order valence-electron chi connectivity index (χ1n) is 8.26. The van der Waals surface area contributed by atoms with Gasteiger partial charge in [-0.25, -0.2) is 0 Å². The van der Waals surface area contributed by atoms with Gasteiger partial charge in [-0.05, 0) is 31.6 Å². The Bertz CT molecular complexity index is 439. The monoisotopic (exact) mass is 313 g/mol. The van der Waals surface area contributed by atoms with Crippen LogP contribution in [0.2, 0.25) is 5.02 Å². The van der Waals surface area contributed by atoms with Crippen molar-refractivity contribution in [3.63, 3.8) is 0 Å². The van der Waals surface area contributed by atoms with E-state index in [4.69, 9.17) is 11.6 Å². The fraction of sp³-hybridized carbons (Fsp3) is 0.824. The highest BCUT2D eigenvalue weighted by atomic mass is 35.5. The van der Waals surface area contributed by atoms with Crippen LogP contribution in [-0.2, 0) is 13.5 Å². The van der Waals surface area contributed by atoms with E-state index in [9.17, 15) is 0 Å². The molecule has 0 saturated heterocycles. The maximum atomic E-state index is 6.47. The number of hydrogen-bond acceptors (Lipinski definition) is 2. The Hall–Kier alpha value is -0.540. The van der Waals surface area contributed by atoms with Crippen LogP contribution in [0.1, 0.15) is 64.8 Å². The summed E-state index contributed by atoms with van der Waals surface area (Å²) in [5, 5.41) is 8.95. The first-order chi connectivity index (χ1) is 9.85. The first-order valence-corrected chi connectivity index (χ1v) is 8.64. The van der Waals surface area contributed by atoms with Gasteiger partial charge in [0, 0.05) is 19.6 Å². The summed E-state index contributed by atoms with van der Waals surface area (Å²) in [6.07, 6.45) is 5.90. The van der Waals surface area contributed by atoms with Gasteiger partial charge < -0.3 is 5.32 Å². The van der Waals surface area contributed by atoms with Crippen molar-refractivity contribution in [2.45, 2.75) is 72.8 Å². The van der Waals surface area contributed by atoms with Crippen molar-refractivity contribution in [2.24, 2.45) is 12.5 Å². The van der Waals surface area contributed by atoms with E-state index in [0.29, 0.717) is 6.04 Å². The molecule has 1 unspecified atom stereocenters. The molecule has 21 heavy (non-hydrogen) atoms. The minimum atomic E-state index is 0.268. The molecule has 0 aliphatic carbocycles. The third-order valence-electron chi connectivity index (χ3n) is 4.50. The molecule has 0 spiro atoms. The number of nitrogens with zero attached hydrogens (tertiary/aromatic N) is 2. The van der Waals surface area contributed by atoms with Gasteiger partial charge in [0.05, 0.1) is 16.4 Å². The molecule has 0 aliphatic rings. The normalized spacial score (nSPS) is 14.7. The highest BCUT2D eigenvalue weighted by Crippen LogP contribution is 2.35. The number of rotatable bonds is 9. The number of aromatic nitrogens is 2. The molecule has 1 atom stereocenters. The molecule has 1 aromatic heterocycles. The molecule has 0 aliphatic heterocycles. The average Bonchev–Trinajstić information content (AvgIpc) is 2.68. The number of unbranched alkanes of at least 4 members (excludes halogenated alkanes) is 1. The maximum Gasteiger partial charge on any atom is 0.0847 e. The predicted octanol–water partition coefficient (Wildman–Crippen LogP) is 4.51. The van der Waals surface area contributed by atoms with Crippen LogP contribution < -0.4 is 5.32 Å². The Labute approximate surface area is 135 Å². The van der Waals surface area contributed by atoms with E-state index in [-0.39, 0.29) is 5.41 Å². The minimum absolute atomic E-state index is 0.268. The van der Waals surface area contributed by atoms with Gasteiger partial charge in [-0.15, -0.1) is 0 Å². The zero-order chi connectivity index (χ0) is 16.0. The molecule has 1 heterocycles. The van der Waals surface area contributed by atoms with Crippen LogP contribution in [0.15, 0.2) is 0 Å². The standard InChI is InChI=1S/C17H32ClN3/c1-7-9-10-17(8-2,12-19-13(3)4)11-15-16(18)14(5)20-21(15)6/h13,19H,7-12H2,1-6H3. The molecule has 0 radical (unpaired) electrons. The van der Waals surface area contributed by atoms with E-state index in [0.717, 1.165) is 30.1 Å².